The predicted octanol–water partition coefficient (Wildman–Crippen LogP) is 6.51. The highest BCUT2D eigenvalue weighted by molar-refractivity contribution is 9.10. The van der Waals surface area contributed by atoms with Crippen molar-refractivity contribution < 1.29 is 9.59 Å². The van der Waals surface area contributed by atoms with Crippen molar-refractivity contribution in [1.29, 1.82) is 0 Å². The van der Waals surface area contributed by atoms with Crippen molar-refractivity contribution in [1.82, 2.24) is 14.7 Å². The number of carbonyl (C=O) groups excluding carboxylic acids is 2. The number of amides is 3. The summed E-state index contributed by atoms with van der Waals surface area (Å²) in [5.41, 5.74) is 3.33. The van der Waals surface area contributed by atoms with Crippen molar-refractivity contribution in [2.45, 2.75) is 52.9 Å². The maximum atomic E-state index is 13.1. The molecule has 0 aliphatic carbocycles. The van der Waals surface area contributed by atoms with E-state index in [0.29, 0.717) is 18.1 Å². The molecule has 8 heteroatoms. The van der Waals surface area contributed by atoms with Crippen LogP contribution >= 0.6 is 15.9 Å². The number of para-hydroxylation sites is 1. The molecule has 0 bridgehead atoms. The summed E-state index contributed by atoms with van der Waals surface area (Å²) >= 11 is 3.45. The van der Waals surface area contributed by atoms with Gasteiger partial charge in [-0.15, -0.1) is 0 Å². The van der Waals surface area contributed by atoms with Crippen LogP contribution in [-0.4, -0.2) is 39.7 Å². The molecule has 2 aromatic carbocycles. The van der Waals surface area contributed by atoms with Crippen LogP contribution in [0.25, 0.3) is 5.69 Å². The van der Waals surface area contributed by atoms with Crippen molar-refractivity contribution in [3.8, 4) is 5.69 Å². The Morgan fingerprint density at radius 3 is 2.37 bits per heavy atom. The third kappa shape index (κ3) is 7.18. The molecule has 3 aromatic rings. The molecule has 1 aromatic heterocycles. The number of nitrogens with one attached hydrogen (secondary N) is 2. The predicted molar refractivity (Wildman–Crippen MR) is 145 cm³/mol. The van der Waals surface area contributed by atoms with Gasteiger partial charge >= 0.3 is 6.03 Å². The number of aromatic nitrogens is 2. The third-order valence-corrected chi connectivity index (χ3v) is 6.23. The summed E-state index contributed by atoms with van der Waals surface area (Å²) in [6.07, 6.45) is 1.71. The highest BCUT2D eigenvalue weighted by atomic mass is 79.9. The number of halogens is 1. The maximum absolute atomic E-state index is 13.1. The molecule has 7 nitrogen and oxygen atoms in total. The number of urea groups is 1. The van der Waals surface area contributed by atoms with Gasteiger partial charge in [0.2, 0.25) is 5.91 Å². The first kappa shape index (κ1) is 26.5. The summed E-state index contributed by atoms with van der Waals surface area (Å²) in [6, 6.07) is 17.0. The second-order valence-electron chi connectivity index (χ2n) is 9.65. The Morgan fingerprint density at radius 2 is 1.74 bits per heavy atom. The van der Waals surface area contributed by atoms with E-state index in [4.69, 9.17) is 5.10 Å². The molecule has 0 aliphatic rings. The Balaban J connectivity index is 1.81. The largest absolute Gasteiger partial charge is 0.322 e. The van der Waals surface area contributed by atoms with Crippen molar-refractivity contribution in [3.05, 3.63) is 70.3 Å². The van der Waals surface area contributed by atoms with Crippen molar-refractivity contribution in [3.63, 3.8) is 0 Å². The molecule has 3 amide bonds. The molecule has 0 fully saturated rings. The number of nitrogens with zero attached hydrogens (tertiary/aromatic N) is 3. The van der Waals surface area contributed by atoms with Gasteiger partial charge in [0.1, 0.15) is 12.4 Å². The van der Waals surface area contributed by atoms with Gasteiger partial charge in [0.25, 0.3) is 0 Å². The number of rotatable bonds is 8. The van der Waals surface area contributed by atoms with Crippen LogP contribution in [0.4, 0.5) is 16.3 Å². The zero-order valence-electron chi connectivity index (χ0n) is 21.1. The van der Waals surface area contributed by atoms with E-state index >= 15 is 0 Å². The Bertz CT molecular complexity index is 1170. The van der Waals surface area contributed by atoms with Crippen LogP contribution in [0.2, 0.25) is 0 Å². The van der Waals surface area contributed by atoms with Crippen LogP contribution in [0.15, 0.2) is 59.1 Å². The Labute approximate surface area is 216 Å². The molecule has 0 unspecified atom stereocenters. The molecule has 0 radical (unpaired) electrons. The molecule has 2 N–H and O–H groups in total. The molecule has 0 saturated heterocycles. The molecule has 35 heavy (non-hydrogen) atoms. The average molecular weight is 541 g/mol. The maximum Gasteiger partial charge on any atom is 0.322 e. The minimum absolute atomic E-state index is 0.0692. The summed E-state index contributed by atoms with van der Waals surface area (Å²) < 4.78 is 2.53. The lowest BCUT2D eigenvalue weighted by molar-refractivity contribution is -0.116. The van der Waals surface area contributed by atoms with Gasteiger partial charge in [-0.25, -0.2) is 9.48 Å². The normalized spacial score (nSPS) is 11.3. The van der Waals surface area contributed by atoms with Crippen LogP contribution in [0, 0.1) is 6.92 Å². The van der Waals surface area contributed by atoms with E-state index in [9.17, 15) is 9.59 Å². The topological polar surface area (TPSA) is 79.3 Å². The summed E-state index contributed by atoms with van der Waals surface area (Å²) in [7, 11) is 0. The minimum atomic E-state index is -0.317. The van der Waals surface area contributed by atoms with E-state index in [2.05, 4.69) is 54.3 Å². The van der Waals surface area contributed by atoms with Gasteiger partial charge in [-0.3, -0.25) is 4.79 Å². The second-order valence-corrected chi connectivity index (χ2v) is 10.5. The lowest BCUT2D eigenvalue weighted by Gasteiger charge is -2.23. The van der Waals surface area contributed by atoms with Gasteiger partial charge in [-0.1, -0.05) is 63.9 Å². The van der Waals surface area contributed by atoms with E-state index in [1.165, 1.54) is 4.90 Å². The number of carbonyl (C=O) groups is 2. The quantitative estimate of drug-likeness (QED) is 0.342. The average Bonchev–Trinajstić information content (AvgIpc) is 3.22. The van der Waals surface area contributed by atoms with Crippen molar-refractivity contribution in [2.75, 3.05) is 23.7 Å². The molecule has 0 spiro atoms. The number of hydrogen-bond acceptors (Lipinski definition) is 3. The van der Waals surface area contributed by atoms with Gasteiger partial charge in [-0.2, -0.15) is 5.10 Å². The van der Waals surface area contributed by atoms with Gasteiger partial charge in [-0.05, 0) is 53.5 Å². The van der Waals surface area contributed by atoms with Crippen LogP contribution in [0.3, 0.4) is 0 Å². The van der Waals surface area contributed by atoms with Crippen LogP contribution in [0.1, 0.15) is 51.8 Å². The summed E-state index contributed by atoms with van der Waals surface area (Å²) in [6.45, 7) is 10.7. The van der Waals surface area contributed by atoms with E-state index in [0.717, 1.165) is 34.3 Å². The molecule has 0 atom stereocenters. The molecule has 3 rings (SSSR count). The summed E-state index contributed by atoms with van der Waals surface area (Å²) in [5.74, 6) is 0.294. The van der Waals surface area contributed by atoms with Crippen molar-refractivity contribution >= 4 is 39.4 Å². The van der Waals surface area contributed by atoms with E-state index in [1.807, 2.05) is 61.5 Å². The van der Waals surface area contributed by atoms with Gasteiger partial charge in [0.15, 0.2) is 0 Å². The fourth-order valence-corrected chi connectivity index (χ4v) is 3.82. The van der Waals surface area contributed by atoms with Crippen LogP contribution in [-0.2, 0) is 10.2 Å². The SMILES string of the molecule is CCCCN(CC(=O)Nc1cc(C(C)(C)C)nn1-c1ccc(C)cc1)C(=O)Nc1ccccc1Br. The lowest BCUT2D eigenvalue weighted by Crippen LogP contribution is -2.41. The van der Waals surface area contributed by atoms with Gasteiger partial charge in [0.05, 0.1) is 17.1 Å². The standard InChI is InChI=1S/C27H34BrN5O2/c1-6-7-16-32(26(35)29-22-11-9-8-10-21(22)28)18-25(34)30-24-17-23(27(3,4)5)31-33(24)20-14-12-19(2)13-15-20/h8-15,17H,6-7,16,18H2,1-5H3,(H,29,35)(H,30,34). The molecular formula is C27H34BrN5O2. The highest BCUT2D eigenvalue weighted by Gasteiger charge is 2.23. The smallest absolute Gasteiger partial charge is 0.315 e. The summed E-state index contributed by atoms with van der Waals surface area (Å²) in [5, 5.41) is 10.6. The van der Waals surface area contributed by atoms with E-state index in [-0.39, 0.29) is 23.9 Å². The Hall–Kier alpha value is -3.13. The van der Waals surface area contributed by atoms with Crippen LogP contribution < -0.4 is 10.6 Å². The first-order valence-electron chi connectivity index (χ1n) is 11.9. The Kier molecular flexibility index (Phi) is 8.72. The number of hydrogen-bond donors (Lipinski definition) is 2. The first-order valence-corrected chi connectivity index (χ1v) is 12.7. The zero-order chi connectivity index (χ0) is 25.6. The van der Waals surface area contributed by atoms with E-state index < -0.39 is 0 Å². The van der Waals surface area contributed by atoms with E-state index in [1.54, 1.807) is 4.68 Å². The molecular weight excluding hydrogens is 506 g/mol. The molecule has 0 aliphatic heterocycles. The summed E-state index contributed by atoms with van der Waals surface area (Å²) in [4.78, 5) is 27.7. The molecule has 0 saturated carbocycles. The number of aryl methyl sites for hydroxylation is 1. The lowest BCUT2D eigenvalue weighted by atomic mass is 9.92. The van der Waals surface area contributed by atoms with Gasteiger partial charge < -0.3 is 15.5 Å². The fraction of sp³-hybridized carbons (Fsp3) is 0.370. The van der Waals surface area contributed by atoms with Crippen LogP contribution in [0.5, 0.6) is 0 Å². The molecule has 1 heterocycles. The number of anilines is 2. The monoisotopic (exact) mass is 539 g/mol. The fourth-order valence-electron chi connectivity index (χ4n) is 3.43. The third-order valence-electron chi connectivity index (χ3n) is 5.54. The van der Waals surface area contributed by atoms with Gasteiger partial charge in [0, 0.05) is 22.5 Å². The first-order chi connectivity index (χ1) is 16.6. The highest BCUT2D eigenvalue weighted by Crippen LogP contribution is 2.27. The number of unbranched alkanes of at least 4 members (excludes halogenated alkanes) is 1. The number of benzene rings is 2. The Morgan fingerprint density at radius 1 is 1.06 bits per heavy atom. The minimum Gasteiger partial charge on any atom is -0.315 e. The van der Waals surface area contributed by atoms with Crippen molar-refractivity contribution in [2.24, 2.45) is 0 Å². The second kappa shape index (κ2) is 11.5. The molecule has 186 valence electrons. The zero-order valence-corrected chi connectivity index (χ0v) is 22.6.